The number of benzene rings is 2. The van der Waals surface area contributed by atoms with E-state index in [2.05, 4.69) is 11.9 Å². The molecule has 2 aromatic rings. The van der Waals surface area contributed by atoms with Crippen LogP contribution in [0.5, 0.6) is 0 Å². The first-order chi connectivity index (χ1) is 9.09. The predicted molar refractivity (Wildman–Crippen MR) is 75.1 cm³/mol. The number of hydrogen-bond acceptors (Lipinski definition) is 1. The Morgan fingerprint density at radius 1 is 1.11 bits per heavy atom. The van der Waals surface area contributed by atoms with Crippen LogP contribution in [0.25, 0.3) is 5.57 Å². The van der Waals surface area contributed by atoms with Crippen LogP contribution >= 0.6 is 0 Å². The molecule has 0 fully saturated rings. The van der Waals surface area contributed by atoms with Crippen LogP contribution in [0.3, 0.4) is 0 Å². The maximum absolute atomic E-state index is 13.8. The van der Waals surface area contributed by atoms with Gasteiger partial charge >= 0.3 is 0 Å². The van der Waals surface area contributed by atoms with Gasteiger partial charge in [0.15, 0.2) is 5.82 Å². The Morgan fingerprint density at radius 2 is 1.79 bits per heavy atom. The van der Waals surface area contributed by atoms with Crippen molar-refractivity contribution in [1.29, 1.82) is 0 Å². The highest BCUT2D eigenvalue weighted by molar-refractivity contribution is 5.67. The molecule has 0 radical (unpaired) electrons. The second-order valence-electron chi connectivity index (χ2n) is 4.38. The molecule has 0 aliphatic carbocycles. The Hall–Kier alpha value is -2.16. The molecule has 0 spiro atoms. The van der Waals surface area contributed by atoms with E-state index in [1.807, 2.05) is 30.3 Å². The summed E-state index contributed by atoms with van der Waals surface area (Å²) in [5.74, 6) is -1.15. The first-order valence-electron chi connectivity index (χ1n) is 6.01. The molecule has 0 saturated heterocycles. The molecule has 0 saturated carbocycles. The predicted octanol–water partition coefficient (Wildman–Crippen LogP) is 4.40. The summed E-state index contributed by atoms with van der Waals surface area (Å²) >= 11 is 0. The first kappa shape index (κ1) is 13.3. The quantitative estimate of drug-likeness (QED) is 0.858. The van der Waals surface area contributed by atoms with E-state index in [0.29, 0.717) is 12.1 Å². The molecule has 0 aromatic heterocycles. The summed E-state index contributed by atoms with van der Waals surface area (Å²) in [6.07, 6.45) is 0. The third-order valence-corrected chi connectivity index (χ3v) is 2.94. The summed E-state index contributed by atoms with van der Waals surface area (Å²) in [5, 5.41) is 2.77. The molecule has 98 valence electrons. The lowest BCUT2D eigenvalue weighted by Crippen LogP contribution is -2.07. The Kier molecular flexibility index (Phi) is 3.95. The van der Waals surface area contributed by atoms with Crippen LogP contribution in [0.15, 0.2) is 49.0 Å². The van der Waals surface area contributed by atoms with Crippen molar-refractivity contribution < 1.29 is 8.78 Å². The summed E-state index contributed by atoms with van der Waals surface area (Å²) < 4.78 is 27.3. The van der Waals surface area contributed by atoms with Crippen LogP contribution in [0, 0.1) is 18.6 Å². The SMILES string of the molecule is C=C(CNc1c(F)ccc(C)c1F)c1ccccc1. The fraction of sp³-hybridized carbons (Fsp3) is 0.125. The molecule has 0 bridgehead atoms. The van der Waals surface area contributed by atoms with Gasteiger partial charge in [-0.05, 0) is 29.7 Å². The van der Waals surface area contributed by atoms with Gasteiger partial charge in [0.25, 0.3) is 0 Å². The maximum atomic E-state index is 13.8. The average molecular weight is 259 g/mol. The summed E-state index contributed by atoms with van der Waals surface area (Å²) in [4.78, 5) is 0. The minimum Gasteiger partial charge on any atom is -0.376 e. The van der Waals surface area contributed by atoms with E-state index in [9.17, 15) is 8.78 Å². The zero-order chi connectivity index (χ0) is 13.8. The van der Waals surface area contributed by atoms with Gasteiger partial charge in [-0.3, -0.25) is 0 Å². The van der Waals surface area contributed by atoms with Gasteiger partial charge in [0, 0.05) is 6.54 Å². The lowest BCUT2D eigenvalue weighted by Gasteiger charge is -2.12. The first-order valence-corrected chi connectivity index (χ1v) is 6.01. The highest BCUT2D eigenvalue weighted by atomic mass is 19.1. The monoisotopic (exact) mass is 259 g/mol. The molecular weight excluding hydrogens is 244 g/mol. The molecule has 1 N–H and O–H groups in total. The number of halogens is 2. The van der Waals surface area contributed by atoms with Crippen LogP contribution in [-0.4, -0.2) is 6.54 Å². The number of rotatable bonds is 4. The van der Waals surface area contributed by atoms with E-state index in [0.717, 1.165) is 11.1 Å². The third-order valence-electron chi connectivity index (χ3n) is 2.94. The molecule has 0 heterocycles. The molecule has 0 aliphatic rings. The van der Waals surface area contributed by atoms with Crippen molar-refractivity contribution in [3.8, 4) is 0 Å². The topological polar surface area (TPSA) is 12.0 Å². The molecule has 2 aromatic carbocycles. The molecule has 3 heteroatoms. The standard InChI is InChI=1S/C16H15F2N/c1-11-8-9-14(17)16(15(11)18)19-10-12(2)13-6-4-3-5-7-13/h3-9,19H,2,10H2,1H3. The van der Waals surface area contributed by atoms with Crippen molar-refractivity contribution in [3.05, 3.63) is 71.8 Å². The smallest absolute Gasteiger partial charge is 0.152 e. The van der Waals surface area contributed by atoms with Crippen molar-refractivity contribution >= 4 is 11.3 Å². The van der Waals surface area contributed by atoms with E-state index < -0.39 is 11.6 Å². The van der Waals surface area contributed by atoms with E-state index >= 15 is 0 Å². The van der Waals surface area contributed by atoms with Crippen molar-refractivity contribution in [3.63, 3.8) is 0 Å². The van der Waals surface area contributed by atoms with Gasteiger partial charge in [-0.2, -0.15) is 0 Å². The maximum Gasteiger partial charge on any atom is 0.152 e. The third kappa shape index (κ3) is 2.99. The second-order valence-corrected chi connectivity index (χ2v) is 4.38. The molecule has 1 nitrogen and oxygen atoms in total. The molecule has 0 amide bonds. The van der Waals surface area contributed by atoms with E-state index in [-0.39, 0.29) is 5.69 Å². The van der Waals surface area contributed by atoms with Crippen LogP contribution < -0.4 is 5.32 Å². The van der Waals surface area contributed by atoms with Crippen molar-refractivity contribution in [1.82, 2.24) is 0 Å². The van der Waals surface area contributed by atoms with E-state index in [1.165, 1.54) is 12.1 Å². The van der Waals surface area contributed by atoms with Gasteiger partial charge in [-0.1, -0.05) is 43.0 Å². The Bertz CT molecular complexity index is 591. The Morgan fingerprint density at radius 3 is 2.47 bits per heavy atom. The molecule has 19 heavy (non-hydrogen) atoms. The average Bonchev–Trinajstić information content (AvgIpc) is 2.44. The molecule has 2 rings (SSSR count). The van der Waals surface area contributed by atoms with Crippen LogP contribution in [-0.2, 0) is 0 Å². The number of anilines is 1. The van der Waals surface area contributed by atoms with E-state index in [4.69, 9.17) is 0 Å². The van der Waals surface area contributed by atoms with Gasteiger partial charge in [0.05, 0.1) is 0 Å². The minimum atomic E-state index is -0.594. The van der Waals surface area contributed by atoms with Crippen molar-refractivity contribution in [2.75, 3.05) is 11.9 Å². The lowest BCUT2D eigenvalue weighted by molar-refractivity contribution is 0.583. The van der Waals surface area contributed by atoms with Gasteiger partial charge < -0.3 is 5.32 Å². The van der Waals surface area contributed by atoms with Crippen LogP contribution in [0.4, 0.5) is 14.5 Å². The number of nitrogens with one attached hydrogen (secondary N) is 1. The highest BCUT2D eigenvalue weighted by Gasteiger charge is 2.11. The van der Waals surface area contributed by atoms with Gasteiger partial charge in [-0.15, -0.1) is 0 Å². The molecular formula is C16H15F2N. The lowest BCUT2D eigenvalue weighted by atomic mass is 10.1. The van der Waals surface area contributed by atoms with Gasteiger partial charge in [0.1, 0.15) is 11.5 Å². The fourth-order valence-corrected chi connectivity index (χ4v) is 1.79. The summed E-state index contributed by atoms with van der Waals surface area (Å²) in [6, 6.07) is 12.2. The zero-order valence-corrected chi connectivity index (χ0v) is 10.7. The largest absolute Gasteiger partial charge is 0.376 e. The second kappa shape index (κ2) is 5.65. The summed E-state index contributed by atoms with van der Waals surface area (Å²) in [6.45, 7) is 5.81. The number of aryl methyl sites for hydroxylation is 1. The number of hydrogen-bond donors (Lipinski definition) is 1. The summed E-state index contributed by atoms with van der Waals surface area (Å²) in [7, 11) is 0. The molecule has 0 atom stereocenters. The fourth-order valence-electron chi connectivity index (χ4n) is 1.79. The van der Waals surface area contributed by atoms with Crippen molar-refractivity contribution in [2.24, 2.45) is 0 Å². The van der Waals surface area contributed by atoms with Crippen LogP contribution in [0.2, 0.25) is 0 Å². The van der Waals surface area contributed by atoms with Crippen molar-refractivity contribution in [2.45, 2.75) is 6.92 Å². The van der Waals surface area contributed by atoms with E-state index in [1.54, 1.807) is 6.92 Å². The normalized spacial score (nSPS) is 10.3. The highest BCUT2D eigenvalue weighted by Crippen LogP contribution is 2.22. The Labute approximate surface area is 111 Å². The van der Waals surface area contributed by atoms with Crippen LogP contribution in [0.1, 0.15) is 11.1 Å². The molecule has 0 aliphatic heterocycles. The van der Waals surface area contributed by atoms with Gasteiger partial charge in [-0.25, -0.2) is 8.78 Å². The summed E-state index contributed by atoms with van der Waals surface area (Å²) in [5.41, 5.74) is 2.04. The molecule has 0 unspecified atom stereocenters. The van der Waals surface area contributed by atoms with Gasteiger partial charge in [0.2, 0.25) is 0 Å². The Balaban J connectivity index is 2.12. The minimum absolute atomic E-state index is 0.0999. The zero-order valence-electron chi connectivity index (χ0n) is 10.7.